The zero-order valence-corrected chi connectivity index (χ0v) is 8.92. The summed E-state index contributed by atoms with van der Waals surface area (Å²) in [4.78, 5) is 2.42. The van der Waals surface area contributed by atoms with E-state index < -0.39 is 0 Å². The predicted octanol–water partition coefficient (Wildman–Crippen LogP) is 2.47. The molecule has 0 spiro atoms. The SMILES string of the molecule is CCN1CCCc2ccc(OC)cc21. The molecule has 0 saturated heterocycles. The summed E-state index contributed by atoms with van der Waals surface area (Å²) >= 11 is 0. The van der Waals surface area contributed by atoms with Gasteiger partial charge < -0.3 is 9.64 Å². The fourth-order valence-corrected chi connectivity index (χ4v) is 2.09. The van der Waals surface area contributed by atoms with Crippen molar-refractivity contribution in [3.63, 3.8) is 0 Å². The fraction of sp³-hybridized carbons (Fsp3) is 0.500. The number of methoxy groups -OCH3 is 1. The number of aryl methyl sites for hydroxylation is 1. The van der Waals surface area contributed by atoms with Crippen molar-refractivity contribution in [1.82, 2.24) is 0 Å². The first kappa shape index (κ1) is 9.38. The van der Waals surface area contributed by atoms with Crippen LogP contribution in [0.5, 0.6) is 5.75 Å². The van der Waals surface area contributed by atoms with E-state index in [0.29, 0.717) is 0 Å². The highest BCUT2D eigenvalue weighted by molar-refractivity contribution is 5.58. The van der Waals surface area contributed by atoms with Crippen LogP contribution in [0, 0.1) is 0 Å². The molecule has 0 amide bonds. The van der Waals surface area contributed by atoms with Gasteiger partial charge in [0, 0.05) is 24.8 Å². The number of anilines is 1. The monoisotopic (exact) mass is 191 g/mol. The van der Waals surface area contributed by atoms with Gasteiger partial charge in [0.2, 0.25) is 0 Å². The van der Waals surface area contributed by atoms with E-state index in [2.05, 4.69) is 30.0 Å². The molecule has 1 aromatic carbocycles. The number of hydrogen-bond donors (Lipinski definition) is 0. The maximum Gasteiger partial charge on any atom is 0.120 e. The molecule has 0 saturated carbocycles. The Morgan fingerprint density at radius 3 is 3.00 bits per heavy atom. The van der Waals surface area contributed by atoms with Gasteiger partial charge in [0.15, 0.2) is 0 Å². The quantitative estimate of drug-likeness (QED) is 0.712. The summed E-state index contributed by atoms with van der Waals surface area (Å²) in [5.74, 6) is 0.962. The lowest BCUT2D eigenvalue weighted by molar-refractivity contribution is 0.414. The lowest BCUT2D eigenvalue weighted by Gasteiger charge is -2.30. The smallest absolute Gasteiger partial charge is 0.120 e. The highest BCUT2D eigenvalue weighted by Crippen LogP contribution is 2.30. The minimum absolute atomic E-state index is 0.962. The van der Waals surface area contributed by atoms with E-state index in [4.69, 9.17) is 4.74 Å². The lowest BCUT2D eigenvalue weighted by atomic mass is 10.0. The summed E-state index contributed by atoms with van der Waals surface area (Å²) in [5, 5.41) is 0. The predicted molar refractivity (Wildman–Crippen MR) is 59.2 cm³/mol. The van der Waals surface area contributed by atoms with Gasteiger partial charge >= 0.3 is 0 Å². The molecule has 0 aromatic heterocycles. The molecule has 1 heterocycles. The molecule has 0 unspecified atom stereocenters. The van der Waals surface area contributed by atoms with Crippen LogP contribution in [0.15, 0.2) is 18.2 Å². The maximum atomic E-state index is 5.25. The molecule has 0 fully saturated rings. The molecule has 1 aromatic rings. The van der Waals surface area contributed by atoms with Crippen LogP contribution in [0.1, 0.15) is 18.9 Å². The van der Waals surface area contributed by atoms with E-state index in [1.54, 1.807) is 7.11 Å². The largest absolute Gasteiger partial charge is 0.497 e. The third-order valence-electron chi connectivity index (χ3n) is 2.89. The van der Waals surface area contributed by atoms with Gasteiger partial charge in [-0.05, 0) is 31.4 Å². The molecule has 14 heavy (non-hydrogen) atoms. The molecule has 0 aliphatic carbocycles. The van der Waals surface area contributed by atoms with Crippen molar-refractivity contribution >= 4 is 5.69 Å². The minimum atomic E-state index is 0.962. The van der Waals surface area contributed by atoms with Gasteiger partial charge in [-0.1, -0.05) is 6.07 Å². The molecule has 0 atom stereocenters. The molecule has 1 aliphatic rings. The normalized spacial score (nSPS) is 15.1. The van der Waals surface area contributed by atoms with E-state index in [9.17, 15) is 0 Å². The second-order valence-electron chi connectivity index (χ2n) is 3.68. The zero-order valence-electron chi connectivity index (χ0n) is 8.92. The van der Waals surface area contributed by atoms with Gasteiger partial charge in [0.05, 0.1) is 7.11 Å². The molecule has 0 bridgehead atoms. The van der Waals surface area contributed by atoms with Crippen LogP contribution < -0.4 is 9.64 Å². The Morgan fingerprint density at radius 2 is 2.29 bits per heavy atom. The Balaban J connectivity index is 2.38. The average molecular weight is 191 g/mol. The number of rotatable bonds is 2. The average Bonchev–Trinajstić information content (AvgIpc) is 2.27. The highest BCUT2D eigenvalue weighted by atomic mass is 16.5. The number of nitrogens with zero attached hydrogens (tertiary/aromatic N) is 1. The molecule has 2 heteroatoms. The van der Waals surface area contributed by atoms with E-state index in [0.717, 1.165) is 12.3 Å². The molecule has 76 valence electrons. The molecule has 0 radical (unpaired) electrons. The van der Waals surface area contributed by atoms with Crippen LogP contribution in [0.25, 0.3) is 0 Å². The van der Waals surface area contributed by atoms with E-state index >= 15 is 0 Å². The standard InChI is InChI=1S/C12H17NO/c1-3-13-8-4-5-10-6-7-11(14-2)9-12(10)13/h6-7,9H,3-5,8H2,1-2H3. The molecular weight excluding hydrogens is 174 g/mol. The Hall–Kier alpha value is -1.18. The van der Waals surface area contributed by atoms with Crippen LogP contribution in [0.4, 0.5) is 5.69 Å². The number of fused-ring (bicyclic) bond motifs is 1. The lowest BCUT2D eigenvalue weighted by Crippen LogP contribution is -2.28. The van der Waals surface area contributed by atoms with Gasteiger partial charge in [0.1, 0.15) is 5.75 Å². The summed E-state index contributed by atoms with van der Waals surface area (Å²) in [6.45, 7) is 4.46. The summed E-state index contributed by atoms with van der Waals surface area (Å²) in [5.41, 5.74) is 2.82. The third kappa shape index (κ3) is 1.57. The van der Waals surface area contributed by atoms with Gasteiger partial charge in [-0.15, -0.1) is 0 Å². The Labute approximate surface area is 85.5 Å². The summed E-state index contributed by atoms with van der Waals surface area (Å²) in [7, 11) is 1.72. The minimum Gasteiger partial charge on any atom is -0.497 e. The van der Waals surface area contributed by atoms with Crippen LogP contribution in [0.2, 0.25) is 0 Å². The second kappa shape index (κ2) is 3.91. The first-order valence-electron chi connectivity index (χ1n) is 5.27. The van der Waals surface area contributed by atoms with Crippen molar-refractivity contribution in [2.75, 3.05) is 25.1 Å². The van der Waals surface area contributed by atoms with E-state index in [-0.39, 0.29) is 0 Å². The molecular formula is C12H17NO. The van der Waals surface area contributed by atoms with Crippen molar-refractivity contribution in [1.29, 1.82) is 0 Å². The second-order valence-corrected chi connectivity index (χ2v) is 3.68. The number of ether oxygens (including phenoxy) is 1. The number of benzene rings is 1. The zero-order chi connectivity index (χ0) is 9.97. The molecule has 2 nitrogen and oxygen atoms in total. The summed E-state index contributed by atoms with van der Waals surface area (Å²) in [6.07, 6.45) is 2.48. The van der Waals surface area contributed by atoms with Gasteiger partial charge in [-0.3, -0.25) is 0 Å². The van der Waals surface area contributed by atoms with Crippen LogP contribution in [0.3, 0.4) is 0 Å². The van der Waals surface area contributed by atoms with Crippen molar-refractivity contribution in [3.05, 3.63) is 23.8 Å². The fourth-order valence-electron chi connectivity index (χ4n) is 2.09. The van der Waals surface area contributed by atoms with Crippen molar-refractivity contribution in [3.8, 4) is 5.75 Å². The van der Waals surface area contributed by atoms with Crippen molar-refractivity contribution in [2.24, 2.45) is 0 Å². The van der Waals surface area contributed by atoms with Crippen LogP contribution in [-0.4, -0.2) is 20.2 Å². The first-order chi connectivity index (χ1) is 6.85. The Morgan fingerprint density at radius 1 is 1.43 bits per heavy atom. The molecule has 1 aliphatic heterocycles. The van der Waals surface area contributed by atoms with Crippen LogP contribution in [-0.2, 0) is 6.42 Å². The first-order valence-corrected chi connectivity index (χ1v) is 5.27. The van der Waals surface area contributed by atoms with Gasteiger partial charge in [-0.25, -0.2) is 0 Å². The summed E-state index contributed by atoms with van der Waals surface area (Å²) in [6, 6.07) is 6.39. The molecule has 2 rings (SSSR count). The van der Waals surface area contributed by atoms with Crippen molar-refractivity contribution in [2.45, 2.75) is 19.8 Å². The third-order valence-corrected chi connectivity index (χ3v) is 2.89. The highest BCUT2D eigenvalue weighted by Gasteiger charge is 2.15. The Bertz CT molecular complexity index is 322. The Kier molecular flexibility index (Phi) is 2.62. The van der Waals surface area contributed by atoms with E-state index in [1.165, 1.54) is 30.6 Å². The number of hydrogen-bond acceptors (Lipinski definition) is 2. The topological polar surface area (TPSA) is 12.5 Å². The summed E-state index contributed by atoms with van der Waals surface area (Å²) < 4.78 is 5.25. The van der Waals surface area contributed by atoms with Gasteiger partial charge in [0.25, 0.3) is 0 Å². The van der Waals surface area contributed by atoms with Gasteiger partial charge in [-0.2, -0.15) is 0 Å². The maximum absolute atomic E-state index is 5.25. The van der Waals surface area contributed by atoms with Crippen molar-refractivity contribution < 1.29 is 4.74 Å². The van der Waals surface area contributed by atoms with Crippen LogP contribution >= 0.6 is 0 Å². The molecule has 0 N–H and O–H groups in total. The van der Waals surface area contributed by atoms with E-state index in [1.807, 2.05) is 0 Å².